The van der Waals surface area contributed by atoms with Crippen molar-refractivity contribution < 1.29 is 4.79 Å². The molecule has 0 saturated carbocycles. The largest absolute Gasteiger partial charge is 0.352 e. The Kier molecular flexibility index (Phi) is 4.69. The molecular formula is C20H29N5O. The number of pyridine rings is 1. The molecule has 0 aromatic carbocycles. The van der Waals surface area contributed by atoms with Gasteiger partial charge in [-0.15, -0.1) is 0 Å². The van der Waals surface area contributed by atoms with Gasteiger partial charge in [0.25, 0.3) is 5.91 Å². The molecule has 2 fully saturated rings. The van der Waals surface area contributed by atoms with Crippen molar-refractivity contribution in [2.75, 3.05) is 19.6 Å². The molecule has 2 saturated heterocycles. The second-order valence-electron chi connectivity index (χ2n) is 7.93. The van der Waals surface area contributed by atoms with E-state index in [1.165, 1.54) is 45.2 Å². The van der Waals surface area contributed by atoms with Crippen LogP contribution in [0.5, 0.6) is 0 Å². The van der Waals surface area contributed by atoms with Crippen molar-refractivity contribution in [1.29, 1.82) is 0 Å². The number of nitrogens with zero attached hydrogens (tertiary/aromatic N) is 4. The van der Waals surface area contributed by atoms with Gasteiger partial charge < -0.3 is 10.2 Å². The lowest BCUT2D eigenvalue weighted by molar-refractivity contribution is 0.0576. The third-order valence-corrected chi connectivity index (χ3v) is 6.09. The molecule has 6 heteroatoms. The minimum atomic E-state index is 0.00420. The van der Waals surface area contributed by atoms with Crippen molar-refractivity contribution in [2.24, 2.45) is 13.0 Å². The van der Waals surface area contributed by atoms with E-state index < -0.39 is 0 Å². The number of hydrogen-bond acceptors (Lipinski definition) is 4. The van der Waals surface area contributed by atoms with Crippen molar-refractivity contribution in [1.82, 2.24) is 25.0 Å². The van der Waals surface area contributed by atoms with Crippen LogP contribution >= 0.6 is 0 Å². The number of nitrogens with one attached hydrogen (secondary N) is 1. The maximum Gasteiger partial charge on any atom is 0.252 e. The molecule has 0 spiro atoms. The van der Waals surface area contributed by atoms with Crippen LogP contribution in [0.4, 0.5) is 0 Å². The third kappa shape index (κ3) is 3.11. The van der Waals surface area contributed by atoms with Gasteiger partial charge in [0.15, 0.2) is 5.65 Å². The summed E-state index contributed by atoms with van der Waals surface area (Å²) in [7, 11) is 1.88. The second kappa shape index (κ2) is 6.99. The average molecular weight is 355 g/mol. The zero-order valence-electron chi connectivity index (χ0n) is 16.1. The highest BCUT2D eigenvalue weighted by Crippen LogP contribution is 2.30. The summed E-state index contributed by atoms with van der Waals surface area (Å²) >= 11 is 0. The Morgan fingerprint density at radius 2 is 2.04 bits per heavy atom. The number of hydrogen-bond donors (Lipinski definition) is 1. The molecule has 4 rings (SSSR count). The first-order valence-corrected chi connectivity index (χ1v) is 9.88. The van der Waals surface area contributed by atoms with Gasteiger partial charge in [-0.25, -0.2) is 4.98 Å². The zero-order valence-corrected chi connectivity index (χ0v) is 16.1. The van der Waals surface area contributed by atoms with Crippen LogP contribution in [0.2, 0.25) is 0 Å². The summed E-state index contributed by atoms with van der Waals surface area (Å²) in [5, 5.41) is 8.55. The summed E-state index contributed by atoms with van der Waals surface area (Å²) in [6, 6.07) is 2.54. The topological polar surface area (TPSA) is 63.1 Å². The molecule has 6 nitrogen and oxygen atoms in total. The first-order valence-electron chi connectivity index (χ1n) is 9.88. The summed E-state index contributed by atoms with van der Waals surface area (Å²) in [5.74, 6) is 0.575. The molecule has 1 amide bonds. The van der Waals surface area contributed by atoms with Crippen LogP contribution in [0.25, 0.3) is 11.0 Å². The van der Waals surface area contributed by atoms with E-state index in [9.17, 15) is 4.79 Å². The molecule has 0 bridgehead atoms. The molecule has 2 atom stereocenters. The number of aryl methyl sites for hydroxylation is 3. The maximum absolute atomic E-state index is 13.0. The number of carbonyl (C=O) groups excluding carboxylic acids is 1. The van der Waals surface area contributed by atoms with Gasteiger partial charge in [-0.1, -0.05) is 6.42 Å². The number of piperidine rings is 2. The Balaban J connectivity index is 1.53. The van der Waals surface area contributed by atoms with Crippen molar-refractivity contribution in [2.45, 2.75) is 52.0 Å². The lowest BCUT2D eigenvalue weighted by Crippen LogP contribution is -2.51. The number of aromatic nitrogens is 3. The smallest absolute Gasteiger partial charge is 0.252 e. The number of carbonyl (C=O) groups is 1. The molecule has 4 heterocycles. The van der Waals surface area contributed by atoms with Gasteiger partial charge in [0.1, 0.15) is 0 Å². The predicted octanol–water partition coefficient (Wildman–Crippen LogP) is 2.58. The fourth-order valence-electron chi connectivity index (χ4n) is 4.88. The molecule has 140 valence electrons. The monoisotopic (exact) mass is 355 g/mol. The number of amides is 1. The fraction of sp³-hybridized carbons (Fsp3) is 0.650. The summed E-state index contributed by atoms with van der Waals surface area (Å²) in [4.78, 5) is 20.2. The van der Waals surface area contributed by atoms with Crippen LogP contribution in [0.15, 0.2) is 6.07 Å². The van der Waals surface area contributed by atoms with E-state index in [1.807, 2.05) is 27.0 Å². The molecule has 0 aliphatic carbocycles. The molecule has 2 aliphatic heterocycles. The van der Waals surface area contributed by atoms with E-state index in [4.69, 9.17) is 0 Å². The molecule has 1 N–H and O–H groups in total. The van der Waals surface area contributed by atoms with Gasteiger partial charge in [0, 0.05) is 25.3 Å². The first kappa shape index (κ1) is 17.5. The SMILES string of the molecule is Cc1cc(C(=O)NC[C@H]2CCCN3CCCC[C@H]23)c2c(C)nn(C)c2n1. The van der Waals surface area contributed by atoms with Crippen LogP contribution in [0.3, 0.4) is 0 Å². The van der Waals surface area contributed by atoms with Gasteiger partial charge in [-0.2, -0.15) is 5.10 Å². The van der Waals surface area contributed by atoms with Gasteiger partial charge in [0.2, 0.25) is 0 Å². The van der Waals surface area contributed by atoms with Crippen molar-refractivity contribution in [3.05, 3.63) is 23.0 Å². The van der Waals surface area contributed by atoms with E-state index in [-0.39, 0.29) is 5.91 Å². The summed E-state index contributed by atoms with van der Waals surface area (Å²) in [5.41, 5.74) is 3.19. The second-order valence-corrected chi connectivity index (χ2v) is 7.93. The normalized spacial score (nSPS) is 23.8. The summed E-state index contributed by atoms with van der Waals surface area (Å²) in [6.07, 6.45) is 6.39. The summed E-state index contributed by atoms with van der Waals surface area (Å²) < 4.78 is 1.76. The van der Waals surface area contributed by atoms with Crippen LogP contribution in [-0.2, 0) is 7.05 Å². The quantitative estimate of drug-likeness (QED) is 0.919. The number of fused-ring (bicyclic) bond motifs is 2. The van der Waals surface area contributed by atoms with E-state index in [0.717, 1.165) is 29.0 Å². The van der Waals surface area contributed by atoms with Crippen LogP contribution < -0.4 is 5.32 Å². The average Bonchev–Trinajstić information content (AvgIpc) is 2.92. The van der Waals surface area contributed by atoms with Crippen LogP contribution in [-0.4, -0.2) is 51.2 Å². The highest BCUT2D eigenvalue weighted by Gasteiger charge is 2.33. The molecular weight excluding hydrogens is 326 g/mol. The minimum Gasteiger partial charge on any atom is -0.352 e. The van der Waals surface area contributed by atoms with Crippen LogP contribution in [0.1, 0.15) is 53.8 Å². The Morgan fingerprint density at radius 3 is 2.88 bits per heavy atom. The lowest BCUT2D eigenvalue weighted by atomic mass is 9.83. The third-order valence-electron chi connectivity index (χ3n) is 6.09. The van der Waals surface area contributed by atoms with Crippen molar-refractivity contribution in [3.8, 4) is 0 Å². The zero-order chi connectivity index (χ0) is 18.3. The van der Waals surface area contributed by atoms with Crippen molar-refractivity contribution >= 4 is 16.9 Å². The van der Waals surface area contributed by atoms with E-state index in [1.54, 1.807) is 4.68 Å². The van der Waals surface area contributed by atoms with Crippen molar-refractivity contribution in [3.63, 3.8) is 0 Å². The first-order chi connectivity index (χ1) is 12.5. The number of rotatable bonds is 3. The Hall–Kier alpha value is -1.95. The Labute approximate surface area is 155 Å². The summed E-state index contributed by atoms with van der Waals surface area (Å²) in [6.45, 7) is 7.10. The fourth-order valence-corrected chi connectivity index (χ4v) is 4.88. The molecule has 2 aromatic heterocycles. The molecule has 26 heavy (non-hydrogen) atoms. The molecule has 0 unspecified atom stereocenters. The van der Waals surface area contributed by atoms with Gasteiger partial charge in [-0.05, 0) is 64.6 Å². The molecule has 2 aromatic rings. The highest BCUT2D eigenvalue weighted by molar-refractivity contribution is 6.06. The van der Waals surface area contributed by atoms with E-state index >= 15 is 0 Å². The van der Waals surface area contributed by atoms with Crippen LogP contribution in [0, 0.1) is 19.8 Å². The van der Waals surface area contributed by atoms with Gasteiger partial charge in [0.05, 0.1) is 16.6 Å². The van der Waals surface area contributed by atoms with E-state index in [2.05, 4.69) is 20.3 Å². The Morgan fingerprint density at radius 1 is 1.23 bits per heavy atom. The van der Waals surface area contributed by atoms with E-state index in [0.29, 0.717) is 17.5 Å². The highest BCUT2D eigenvalue weighted by atomic mass is 16.1. The lowest BCUT2D eigenvalue weighted by Gasteiger charge is -2.44. The molecule has 2 aliphatic rings. The standard InChI is InChI=1S/C20H29N5O/c1-13-11-16(18-14(2)23-24(3)19(18)22-13)20(26)21-12-15-7-6-10-25-9-5-4-8-17(15)25/h11,15,17H,4-10,12H2,1-3H3,(H,21,26)/t15-,17-/m1/s1. The maximum atomic E-state index is 13.0. The Bertz CT molecular complexity index is 825. The van der Waals surface area contributed by atoms with Gasteiger partial charge in [-0.3, -0.25) is 9.48 Å². The molecule has 0 radical (unpaired) electrons. The predicted molar refractivity (Wildman–Crippen MR) is 102 cm³/mol. The van der Waals surface area contributed by atoms with Gasteiger partial charge >= 0.3 is 0 Å². The minimum absolute atomic E-state index is 0.00420.